The van der Waals surface area contributed by atoms with E-state index >= 15 is 0 Å². The first-order chi connectivity index (χ1) is 14.9. The number of benzene rings is 2. The minimum absolute atomic E-state index is 0.131. The van der Waals surface area contributed by atoms with Gasteiger partial charge < -0.3 is 9.80 Å². The molecule has 0 saturated carbocycles. The van der Waals surface area contributed by atoms with Gasteiger partial charge in [-0.2, -0.15) is 5.26 Å². The number of thioether (sulfide) groups is 1. The Kier molecular flexibility index (Phi) is 5.57. The summed E-state index contributed by atoms with van der Waals surface area (Å²) in [5, 5.41) is 10.5. The van der Waals surface area contributed by atoms with Crippen molar-refractivity contribution >= 4 is 28.9 Å². The highest BCUT2D eigenvalue weighted by Crippen LogP contribution is 2.40. The van der Waals surface area contributed by atoms with E-state index in [4.69, 9.17) is 0 Å². The van der Waals surface area contributed by atoms with Crippen molar-refractivity contribution in [2.75, 3.05) is 29.6 Å². The van der Waals surface area contributed by atoms with Gasteiger partial charge in [0.1, 0.15) is 17.5 Å². The van der Waals surface area contributed by atoms with Gasteiger partial charge >= 0.3 is 0 Å². The van der Waals surface area contributed by atoms with Crippen LogP contribution < -0.4 is 9.80 Å². The molecule has 0 atom stereocenters. The summed E-state index contributed by atoms with van der Waals surface area (Å²) in [4.78, 5) is 21.3. The molecule has 2 aromatic carbocycles. The second-order valence-electron chi connectivity index (χ2n) is 7.48. The number of allylic oxidation sites excluding steroid dienone is 1. The summed E-state index contributed by atoms with van der Waals surface area (Å²) in [5.74, 6) is 0.516. The fraction of sp³-hybridized carbons (Fsp3) is 0.208. The molecule has 0 N–H and O–H groups in total. The number of nitrogens with zero attached hydrogens (tertiary/aromatic N) is 5. The molecule has 0 fully saturated rings. The van der Waals surface area contributed by atoms with E-state index in [-0.39, 0.29) is 17.1 Å². The van der Waals surface area contributed by atoms with E-state index in [9.17, 15) is 10.1 Å². The average Bonchev–Trinajstić information content (AvgIpc) is 3.34. The first kappa shape index (κ1) is 20.8. The van der Waals surface area contributed by atoms with E-state index in [1.807, 2.05) is 65.0 Å². The number of hydrogen-bond donors (Lipinski definition) is 0. The number of nitriles is 1. The molecular weight excluding hydrogens is 406 g/mol. The number of carbonyl (C=O) groups is 1. The molecule has 6 nitrogen and oxygen atoms in total. The Labute approximate surface area is 186 Å². The number of carbonyl (C=O) groups excluding carboxylic acids is 1. The number of anilines is 2. The first-order valence-electron chi connectivity index (χ1n) is 9.90. The van der Waals surface area contributed by atoms with Crippen molar-refractivity contribution in [2.24, 2.45) is 0 Å². The number of rotatable bonds is 5. The zero-order chi connectivity index (χ0) is 22.1. The van der Waals surface area contributed by atoms with Gasteiger partial charge in [0, 0.05) is 32.2 Å². The van der Waals surface area contributed by atoms with Gasteiger partial charge in [-0.05, 0) is 49.2 Å². The maximum atomic E-state index is 13.1. The number of fused-ring (bicyclic) bond motifs is 1. The molecule has 156 valence electrons. The van der Waals surface area contributed by atoms with Crippen LogP contribution in [0.5, 0.6) is 0 Å². The van der Waals surface area contributed by atoms with Crippen LogP contribution in [0.25, 0.3) is 5.69 Å². The van der Waals surface area contributed by atoms with Crippen molar-refractivity contribution in [1.82, 2.24) is 9.55 Å². The Morgan fingerprint density at radius 3 is 2.35 bits per heavy atom. The van der Waals surface area contributed by atoms with Gasteiger partial charge in [0.25, 0.3) is 0 Å². The molecule has 1 aromatic heterocycles. The van der Waals surface area contributed by atoms with Gasteiger partial charge in [-0.25, -0.2) is 4.98 Å². The van der Waals surface area contributed by atoms with Crippen LogP contribution in [0.3, 0.4) is 0 Å². The number of aromatic nitrogens is 2. The van der Waals surface area contributed by atoms with Crippen molar-refractivity contribution in [3.8, 4) is 11.8 Å². The van der Waals surface area contributed by atoms with Crippen LogP contribution >= 0.6 is 11.8 Å². The molecule has 0 radical (unpaired) electrons. The van der Waals surface area contributed by atoms with E-state index in [0.717, 1.165) is 22.2 Å². The topological polar surface area (TPSA) is 65.2 Å². The molecule has 4 rings (SSSR count). The third-order valence-corrected chi connectivity index (χ3v) is 6.53. The fourth-order valence-corrected chi connectivity index (χ4v) is 4.57. The van der Waals surface area contributed by atoms with Crippen LogP contribution in [-0.4, -0.2) is 35.2 Å². The van der Waals surface area contributed by atoms with Crippen molar-refractivity contribution < 1.29 is 4.79 Å². The van der Waals surface area contributed by atoms with Crippen molar-refractivity contribution in [3.63, 3.8) is 0 Å². The van der Waals surface area contributed by atoms with E-state index < -0.39 is 0 Å². The molecule has 3 aromatic rings. The lowest BCUT2D eigenvalue weighted by Crippen LogP contribution is -2.26. The fourth-order valence-electron chi connectivity index (χ4n) is 3.73. The van der Waals surface area contributed by atoms with Gasteiger partial charge in [0.2, 0.25) is 0 Å². The largest absolute Gasteiger partial charge is 0.328 e. The molecular formula is C24H23N5OS. The minimum Gasteiger partial charge on any atom is -0.328 e. The van der Waals surface area contributed by atoms with E-state index in [1.54, 1.807) is 6.20 Å². The molecule has 0 amide bonds. The molecule has 0 bridgehead atoms. The third-order valence-electron chi connectivity index (χ3n) is 5.56. The normalized spacial score (nSPS) is 12.7. The monoisotopic (exact) mass is 429 g/mol. The Bertz CT molecular complexity index is 1210. The van der Waals surface area contributed by atoms with Crippen LogP contribution in [-0.2, 0) is 4.79 Å². The Hall–Kier alpha value is -3.50. The van der Waals surface area contributed by atoms with E-state index in [0.29, 0.717) is 5.82 Å². The SMILES string of the molecule is Cc1ccc(-n2ccnc2SCC(=O)C(C#N)=C2N(C)c3ccccc3N2C)cc1C. The molecule has 0 saturated heterocycles. The first-order valence-corrected chi connectivity index (χ1v) is 10.9. The summed E-state index contributed by atoms with van der Waals surface area (Å²) in [6.45, 7) is 4.15. The molecule has 1 aliphatic rings. The van der Waals surface area contributed by atoms with Gasteiger partial charge in [-0.3, -0.25) is 9.36 Å². The third kappa shape index (κ3) is 3.71. The van der Waals surface area contributed by atoms with Crippen LogP contribution in [0.1, 0.15) is 11.1 Å². The second-order valence-corrected chi connectivity index (χ2v) is 8.42. The lowest BCUT2D eigenvalue weighted by atomic mass is 10.1. The maximum absolute atomic E-state index is 13.1. The maximum Gasteiger partial charge on any atom is 0.187 e. The summed E-state index contributed by atoms with van der Waals surface area (Å²) in [7, 11) is 3.75. The molecule has 0 aliphatic carbocycles. The zero-order valence-electron chi connectivity index (χ0n) is 18.0. The van der Waals surface area contributed by atoms with Crippen LogP contribution in [0.15, 0.2) is 71.4 Å². The minimum atomic E-state index is -0.219. The van der Waals surface area contributed by atoms with Gasteiger partial charge in [-0.15, -0.1) is 0 Å². The quantitative estimate of drug-likeness (QED) is 0.339. The Morgan fingerprint density at radius 1 is 1.06 bits per heavy atom. The van der Waals surface area contributed by atoms with Gasteiger partial charge in [0.05, 0.1) is 17.1 Å². The van der Waals surface area contributed by atoms with Crippen LogP contribution in [0.2, 0.25) is 0 Å². The number of aryl methyl sites for hydroxylation is 2. The number of Topliss-reactive ketones (excluding diaryl/α,β-unsaturated/α-hetero) is 1. The number of ketones is 1. The van der Waals surface area contributed by atoms with Crippen molar-refractivity contribution in [1.29, 1.82) is 5.26 Å². The van der Waals surface area contributed by atoms with Gasteiger partial charge in [0.15, 0.2) is 10.9 Å². The molecule has 2 heterocycles. The molecule has 0 spiro atoms. The highest BCUT2D eigenvalue weighted by atomic mass is 32.2. The van der Waals surface area contributed by atoms with Crippen molar-refractivity contribution in [3.05, 3.63) is 77.4 Å². The molecule has 1 aliphatic heterocycles. The molecule has 31 heavy (non-hydrogen) atoms. The highest BCUT2D eigenvalue weighted by Gasteiger charge is 2.31. The summed E-state index contributed by atoms with van der Waals surface area (Å²) < 4.78 is 1.97. The second kappa shape index (κ2) is 8.32. The van der Waals surface area contributed by atoms with Crippen molar-refractivity contribution in [2.45, 2.75) is 19.0 Å². The smallest absolute Gasteiger partial charge is 0.187 e. The average molecular weight is 430 g/mol. The molecule has 7 heteroatoms. The predicted molar refractivity (Wildman–Crippen MR) is 125 cm³/mol. The van der Waals surface area contributed by atoms with Crippen LogP contribution in [0, 0.1) is 25.2 Å². The molecule has 0 unspecified atom stereocenters. The lowest BCUT2D eigenvalue weighted by Gasteiger charge is -2.19. The predicted octanol–water partition coefficient (Wildman–Crippen LogP) is 4.47. The van der Waals surface area contributed by atoms with E-state index in [2.05, 4.69) is 37.0 Å². The zero-order valence-corrected chi connectivity index (χ0v) is 18.8. The number of para-hydroxylation sites is 2. The summed E-state index contributed by atoms with van der Waals surface area (Å²) in [6.07, 6.45) is 3.61. The highest BCUT2D eigenvalue weighted by molar-refractivity contribution is 7.99. The number of hydrogen-bond acceptors (Lipinski definition) is 6. The summed E-state index contributed by atoms with van der Waals surface area (Å²) >= 11 is 1.34. The Balaban J connectivity index is 1.57. The summed E-state index contributed by atoms with van der Waals surface area (Å²) in [6, 6.07) is 16.2. The Morgan fingerprint density at radius 2 is 1.74 bits per heavy atom. The van der Waals surface area contributed by atoms with Crippen LogP contribution in [0.4, 0.5) is 11.4 Å². The van der Waals surface area contributed by atoms with Gasteiger partial charge in [-0.1, -0.05) is 30.0 Å². The number of imidazole rings is 1. The standard InChI is InChI=1S/C24H23N5OS/c1-16-9-10-18(13-17(16)2)29-12-11-26-24(29)31-15-22(30)19(14-25)23-27(3)20-7-5-6-8-21(20)28(23)4/h5-13H,15H2,1-4H3. The lowest BCUT2D eigenvalue weighted by molar-refractivity contribution is -0.112. The summed E-state index contributed by atoms with van der Waals surface area (Å²) in [5.41, 5.74) is 5.51. The van der Waals surface area contributed by atoms with E-state index in [1.165, 1.54) is 22.9 Å².